The van der Waals surface area contributed by atoms with Crippen molar-refractivity contribution in [3.8, 4) is 0 Å². The van der Waals surface area contributed by atoms with Crippen LogP contribution in [0, 0.1) is 0 Å². The molecule has 0 aliphatic heterocycles. The van der Waals surface area contributed by atoms with Gasteiger partial charge in [0.2, 0.25) is 0 Å². The van der Waals surface area contributed by atoms with Gasteiger partial charge in [-0.25, -0.2) is 0 Å². The minimum absolute atomic E-state index is 1.07. The second-order valence-corrected chi connectivity index (χ2v) is 5.28. The lowest BCUT2D eigenvalue weighted by Crippen LogP contribution is -2.28. The smallest absolute Gasteiger partial charge is 0.00765 e. The largest absolute Gasteiger partial charge is 0.0801 e. The summed E-state index contributed by atoms with van der Waals surface area (Å²) < 4.78 is 0. The Balaban J connectivity index is 2.29. The fraction of sp³-hybridized carbons (Fsp3) is 0.222. The van der Waals surface area contributed by atoms with Crippen LogP contribution in [0.5, 0.6) is 0 Å². The van der Waals surface area contributed by atoms with Crippen LogP contribution in [0.25, 0.3) is 17.2 Å². The van der Waals surface area contributed by atoms with E-state index in [9.17, 15) is 0 Å². The molecule has 0 atom stereocenters. The molecule has 3 rings (SSSR count). The fourth-order valence-electron chi connectivity index (χ4n) is 2.90. The van der Waals surface area contributed by atoms with Crippen molar-refractivity contribution in [1.82, 2.24) is 0 Å². The van der Waals surface area contributed by atoms with E-state index in [2.05, 4.69) is 63.3 Å². The van der Waals surface area contributed by atoms with Crippen LogP contribution in [0.15, 0.2) is 47.6 Å². The first kappa shape index (κ1) is 11.3. The number of fused-ring (bicyclic) bond motifs is 1. The molecule has 0 saturated heterocycles. The summed E-state index contributed by atoms with van der Waals surface area (Å²) in [6, 6.07) is 6.62. The van der Waals surface area contributed by atoms with E-state index < -0.39 is 0 Å². The highest BCUT2D eigenvalue weighted by molar-refractivity contribution is 5.86. The van der Waals surface area contributed by atoms with Gasteiger partial charge in [-0.15, -0.1) is 0 Å². The number of allylic oxidation sites excluding steroid dienone is 5. The zero-order valence-electron chi connectivity index (χ0n) is 11.2. The zero-order valence-corrected chi connectivity index (χ0v) is 11.2. The van der Waals surface area contributed by atoms with E-state index in [1.807, 2.05) is 0 Å². The molecule has 0 spiro atoms. The van der Waals surface area contributed by atoms with Crippen LogP contribution >= 0.6 is 0 Å². The van der Waals surface area contributed by atoms with Crippen molar-refractivity contribution >= 4 is 17.2 Å². The number of hydrogen-bond acceptors (Lipinski definition) is 0. The molecule has 0 radical (unpaired) electrons. The Kier molecular flexibility index (Phi) is 2.59. The summed E-state index contributed by atoms with van der Waals surface area (Å²) >= 11 is 0. The topological polar surface area (TPSA) is 0 Å². The van der Waals surface area contributed by atoms with Crippen LogP contribution in [0.1, 0.15) is 32.8 Å². The lowest BCUT2D eigenvalue weighted by atomic mass is 10.00. The van der Waals surface area contributed by atoms with E-state index in [1.54, 1.807) is 0 Å². The highest BCUT2D eigenvalue weighted by Gasteiger charge is 2.16. The molecule has 0 amide bonds. The molecule has 0 heterocycles. The Morgan fingerprint density at radius 2 is 2.00 bits per heavy atom. The second-order valence-electron chi connectivity index (χ2n) is 5.28. The van der Waals surface area contributed by atoms with Crippen molar-refractivity contribution < 1.29 is 0 Å². The van der Waals surface area contributed by atoms with Crippen molar-refractivity contribution in [2.45, 2.75) is 27.2 Å². The molecule has 18 heavy (non-hydrogen) atoms. The average molecular weight is 234 g/mol. The first-order chi connectivity index (χ1) is 8.68. The minimum atomic E-state index is 1.07. The number of rotatable bonds is 1. The second kappa shape index (κ2) is 4.13. The molecule has 1 aromatic carbocycles. The van der Waals surface area contributed by atoms with Gasteiger partial charge in [0.1, 0.15) is 0 Å². The van der Waals surface area contributed by atoms with E-state index in [4.69, 9.17) is 0 Å². The summed E-state index contributed by atoms with van der Waals surface area (Å²) in [5, 5.41) is 2.82. The minimum Gasteiger partial charge on any atom is -0.0801 e. The maximum atomic E-state index is 2.34. The molecule has 1 aromatic rings. The maximum absolute atomic E-state index is 2.34. The molecule has 90 valence electrons. The van der Waals surface area contributed by atoms with Gasteiger partial charge in [0.25, 0.3) is 0 Å². The van der Waals surface area contributed by atoms with Gasteiger partial charge >= 0.3 is 0 Å². The predicted molar refractivity (Wildman–Crippen MR) is 79.3 cm³/mol. The predicted octanol–water partition coefficient (Wildman–Crippen LogP) is 3.33. The van der Waals surface area contributed by atoms with Crippen LogP contribution in [-0.4, -0.2) is 0 Å². The van der Waals surface area contributed by atoms with Crippen LogP contribution in [0.4, 0.5) is 0 Å². The highest BCUT2D eigenvalue weighted by Crippen LogP contribution is 2.30. The van der Waals surface area contributed by atoms with Gasteiger partial charge in [-0.3, -0.25) is 0 Å². The Morgan fingerprint density at radius 1 is 1.17 bits per heavy atom. The standard InChI is InChI=1S/C18H18/c1-12(2)16-10-6-9-15-11-17(13(3)18(15)16)14-7-4-5-8-14/h4-7,9-11H,8H2,1-3H3. The number of benzene rings is 1. The molecule has 0 aromatic heterocycles. The molecule has 0 saturated carbocycles. The molecule has 0 nitrogen and oxygen atoms in total. The average Bonchev–Trinajstić information content (AvgIpc) is 2.97. The van der Waals surface area contributed by atoms with Gasteiger partial charge in [-0.05, 0) is 66.0 Å². The Morgan fingerprint density at radius 3 is 2.67 bits per heavy atom. The van der Waals surface area contributed by atoms with Crippen LogP contribution < -0.4 is 10.4 Å². The third-order valence-corrected chi connectivity index (χ3v) is 3.83. The molecule has 0 N–H and O–H groups in total. The lowest BCUT2D eigenvalue weighted by molar-refractivity contribution is 1.29. The first-order valence-electron chi connectivity index (χ1n) is 6.54. The van der Waals surface area contributed by atoms with E-state index in [0.29, 0.717) is 0 Å². The molecule has 0 bridgehead atoms. The van der Waals surface area contributed by atoms with Gasteiger partial charge in [-0.1, -0.05) is 42.0 Å². The van der Waals surface area contributed by atoms with Gasteiger partial charge < -0.3 is 0 Å². The summed E-state index contributed by atoms with van der Waals surface area (Å²) in [5.41, 5.74) is 7.05. The lowest BCUT2D eigenvalue weighted by Gasteiger charge is -2.04. The van der Waals surface area contributed by atoms with Crippen molar-refractivity contribution in [3.63, 3.8) is 0 Å². The summed E-state index contributed by atoms with van der Waals surface area (Å²) in [4.78, 5) is 0. The fourth-order valence-corrected chi connectivity index (χ4v) is 2.90. The highest BCUT2D eigenvalue weighted by atomic mass is 14.2. The third kappa shape index (κ3) is 1.60. The first-order valence-corrected chi connectivity index (χ1v) is 6.54. The third-order valence-electron chi connectivity index (χ3n) is 3.83. The molecule has 0 heteroatoms. The summed E-state index contributed by atoms with van der Waals surface area (Å²) in [7, 11) is 0. The maximum Gasteiger partial charge on any atom is -0.00765 e. The Bertz CT molecular complexity index is 718. The van der Waals surface area contributed by atoms with E-state index in [-0.39, 0.29) is 0 Å². The van der Waals surface area contributed by atoms with Crippen molar-refractivity contribution in [1.29, 1.82) is 0 Å². The molecule has 2 aliphatic carbocycles. The molecular formula is C18H18. The molecule has 0 unspecified atom stereocenters. The van der Waals surface area contributed by atoms with Gasteiger partial charge in [-0.2, -0.15) is 0 Å². The van der Waals surface area contributed by atoms with E-state index in [1.165, 1.54) is 38.3 Å². The van der Waals surface area contributed by atoms with E-state index >= 15 is 0 Å². The van der Waals surface area contributed by atoms with E-state index in [0.717, 1.165) is 6.42 Å². The number of hydrogen-bond donors (Lipinski definition) is 0. The normalized spacial score (nSPS) is 16.7. The monoisotopic (exact) mass is 234 g/mol. The molecule has 2 aliphatic rings. The summed E-state index contributed by atoms with van der Waals surface area (Å²) in [6.07, 6.45) is 10.0. The Labute approximate surface area is 108 Å². The van der Waals surface area contributed by atoms with Gasteiger partial charge in [0.15, 0.2) is 0 Å². The van der Waals surface area contributed by atoms with Crippen LogP contribution in [-0.2, 0) is 0 Å². The SMILES string of the molecule is CC(C)=c1cccc2c1=C(C)C(C1=CC=CC1)=C2. The van der Waals surface area contributed by atoms with Gasteiger partial charge in [0.05, 0.1) is 0 Å². The quantitative estimate of drug-likeness (QED) is 0.699. The summed E-state index contributed by atoms with van der Waals surface area (Å²) in [6.45, 7) is 6.64. The van der Waals surface area contributed by atoms with Gasteiger partial charge in [0, 0.05) is 0 Å². The summed E-state index contributed by atoms with van der Waals surface area (Å²) in [5.74, 6) is 0. The van der Waals surface area contributed by atoms with Crippen molar-refractivity contribution in [2.24, 2.45) is 0 Å². The van der Waals surface area contributed by atoms with Crippen LogP contribution in [0.3, 0.4) is 0 Å². The van der Waals surface area contributed by atoms with Crippen LogP contribution in [0.2, 0.25) is 0 Å². The Hall–Kier alpha value is -1.82. The van der Waals surface area contributed by atoms with Crippen molar-refractivity contribution in [3.05, 3.63) is 63.6 Å². The van der Waals surface area contributed by atoms with Crippen molar-refractivity contribution in [2.75, 3.05) is 0 Å². The zero-order chi connectivity index (χ0) is 12.7. The molecule has 0 fully saturated rings. The molecular weight excluding hydrogens is 216 g/mol.